The molecule has 0 heterocycles. The van der Waals surface area contributed by atoms with Crippen LogP contribution in [0.5, 0.6) is 0 Å². The highest BCUT2D eigenvalue weighted by atomic mass is 79.9. The van der Waals surface area contributed by atoms with Crippen molar-refractivity contribution in [2.24, 2.45) is 5.10 Å². The summed E-state index contributed by atoms with van der Waals surface area (Å²) < 4.78 is 0.975. The third-order valence-electron chi connectivity index (χ3n) is 2.16. The largest absolute Gasteiger partial charge is 0.376 e. The molecule has 0 bridgehead atoms. The summed E-state index contributed by atoms with van der Waals surface area (Å²) in [5, 5.41) is 6.96. The van der Waals surface area contributed by atoms with Gasteiger partial charge in [-0.2, -0.15) is 5.10 Å². The van der Waals surface area contributed by atoms with Gasteiger partial charge in [0.1, 0.15) is 0 Å². The third-order valence-corrected chi connectivity index (χ3v) is 2.65. The standard InChI is InChI=1S/C12H16BrN3O/c1-3-9(2)15-16-12(17)8-14-11-6-4-5-10(13)7-11/h4-7,14H,3,8H2,1-2H3,(H,16,17)/b15-9+. The Balaban J connectivity index is 2.38. The summed E-state index contributed by atoms with van der Waals surface area (Å²) in [5.74, 6) is -0.155. The smallest absolute Gasteiger partial charge is 0.259 e. The van der Waals surface area contributed by atoms with Crippen LogP contribution < -0.4 is 10.7 Å². The van der Waals surface area contributed by atoms with Crippen molar-refractivity contribution in [2.75, 3.05) is 11.9 Å². The Morgan fingerprint density at radius 2 is 2.24 bits per heavy atom. The summed E-state index contributed by atoms with van der Waals surface area (Å²) in [7, 11) is 0. The number of halogens is 1. The first-order valence-corrected chi connectivity index (χ1v) is 6.22. The minimum absolute atomic E-state index is 0.155. The van der Waals surface area contributed by atoms with Crippen LogP contribution in [0.2, 0.25) is 0 Å². The number of rotatable bonds is 5. The lowest BCUT2D eigenvalue weighted by Gasteiger charge is -2.05. The summed E-state index contributed by atoms with van der Waals surface area (Å²) >= 11 is 3.37. The molecular weight excluding hydrogens is 282 g/mol. The average molecular weight is 298 g/mol. The van der Waals surface area contributed by atoms with Gasteiger partial charge >= 0.3 is 0 Å². The number of nitrogens with one attached hydrogen (secondary N) is 2. The zero-order valence-electron chi connectivity index (χ0n) is 9.96. The Morgan fingerprint density at radius 3 is 2.88 bits per heavy atom. The van der Waals surface area contributed by atoms with Gasteiger partial charge in [-0.05, 0) is 31.5 Å². The fourth-order valence-electron chi connectivity index (χ4n) is 1.06. The summed E-state index contributed by atoms with van der Waals surface area (Å²) in [5.41, 5.74) is 4.29. The number of hydrogen-bond donors (Lipinski definition) is 2. The van der Waals surface area contributed by atoms with E-state index in [0.717, 1.165) is 22.3 Å². The van der Waals surface area contributed by atoms with Crippen LogP contribution in [0.25, 0.3) is 0 Å². The second kappa shape index (κ2) is 7.06. The Morgan fingerprint density at radius 1 is 1.47 bits per heavy atom. The number of hydrogen-bond acceptors (Lipinski definition) is 3. The van der Waals surface area contributed by atoms with E-state index in [2.05, 4.69) is 31.8 Å². The van der Waals surface area contributed by atoms with E-state index in [0.29, 0.717) is 0 Å². The molecule has 0 saturated heterocycles. The van der Waals surface area contributed by atoms with E-state index < -0.39 is 0 Å². The SMILES string of the molecule is CC/C(C)=N/NC(=O)CNc1cccc(Br)c1. The van der Waals surface area contributed by atoms with Crippen molar-refractivity contribution in [3.8, 4) is 0 Å². The first-order chi connectivity index (χ1) is 8.11. The molecule has 0 spiro atoms. The van der Waals surface area contributed by atoms with Gasteiger partial charge in [-0.1, -0.05) is 28.9 Å². The lowest BCUT2D eigenvalue weighted by molar-refractivity contribution is -0.119. The molecule has 0 aliphatic carbocycles. The number of amides is 1. The van der Waals surface area contributed by atoms with E-state index in [1.165, 1.54) is 0 Å². The van der Waals surface area contributed by atoms with E-state index in [1.54, 1.807) is 0 Å². The zero-order chi connectivity index (χ0) is 12.7. The molecule has 1 aromatic carbocycles. The van der Waals surface area contributed by atoms with Crippen molar-refractivity contribution in [3.63, 3.8) is 0 Å². The minimum Gasteiger partial charge on any atom is -0.376 e. The first-order valence-electron chi connectivity index (χ1n) is 5.43. The molecule has 0 fully saturated rings. The molecule has 0 aliphatic rings. The molecule has 17 heavy (non-hydrogen) atoms. The predicted molar refractivity (Wildman–Crippen MR) is 74.2 cm³/mol. The molecule has 92 valence electrons. The third kappa shape index (κ3) is 5.49. The van der Waals surface area contributed by atoms with Crippen LogP contribution in [0, 0.1) is 0 Å². The Kier molecular flexibility index (Phi) is 5.69. The van der Waals surface area contributed by atoms with Crippen LogP contribution >= 0.6 is 15.9 Å². The number of hydrazone groups is 1. The lowest BCUT2D eigenvalue weighted by atomic mass is 10.3. The van der Waals surface area contributed by atoms with Crippen LogP contribution in [0.3, 0.4) is 0 Å². The van der Waals surface area contributed by atoms with Crippen molar-refractivity contribution in [2.45, 2.75) is 20.3 Å². The molecular formula is C12H16BrN3O. The Hall–Kier alpha value is -1.36. The second-order valence-electron chi connectivity index (χ2n) is 3.60. The van der Waals surface area contributed by atoms with E-state index in [-0.39, 0.29) is 12.5 Å². The van der Waals surface area contributed by atoms with Gasteiger partial charge in [0.2, 0.25) is 0 Å². The quantitative estimate of drug-likeness (QED) is 0.649. The van der Waals surface area contributed by atoms with Crippen molar-refractivity contribution < 1.29 is 4.79 Å². The van der Waals surface area contributed by atoms with E-state index in [1.807, 2.05) is 38.1 Å². The summed E-state index contributed by atoms with van der Waals surface area (Å²) in [6.07, 6.45) is 0.833. The maximum atomic E-state index is 11.4. The second-order valence-corrected chi connectivity index (χ2v) is 4.52. The summed E-state index contributed by atoms with van der Waals surface area (Å²) in [6, 6.07) is 7.65. The van der Waals surface area contributed by atoms with E-state index in [9.17, 15) is 4.79 Å². The first kappa shape index (κ1) is 13.7. The number of benzene rings is 1. The van der Waals surface area contributed by atoms with Crippen molar-refractivity contribution in [1.82, 2.24) is 5.43 Å². The normalized spacial score (nSPS) is 11.1. The van der Waals surface area contributed by atoms with Crippen molar-refractivity contribution >= 4 is 33.2 Å². The molecule has 4 nitrogen and oxygen atoms in total. The minimum atomic E-state index is -0.155. The van der Waals surface area contributed by atoms with Gasteiger partial charge in [-0.3, -0.25) is 4.79 Å². The number of carbonyl (C=O) groups excluding carboxylic acids is 1. The van der Waals surface area contributed by atoms with Gasteiger partial charge in [0, 0.05) is 15.9 Å². The van der Waals surface area contributed by atoms with Crippen LogP contribution in [0.15, 0.2) is 33.8 Å². The Bertz CT molecular complexity index is 418. The topological polar surface area (TPSA) is 53.5 Å². The fourth-order valence-corrected chi connectivity index (χ4v) is 1.46. The van der Waals surface area contributed by atoms with Gasteiger partial charge in [0.25, 0.3) is 5.91 Å². The molecule has 0 saturated carbocycles. The highest BCUT2D eigenvalue weighted by Gasteiger charge is 2.00. The average Bonchev–Trinajstić information content (AvgIpc) is 2.33. The molecule has 0 unspecified atom stereocenters. The predicted octanol–water partition coefficient (Wildman–Crippen LogP) is 2.76. The zero-order valence-corrected chi connectivity index (χ0v) is 11.5. The molecule has 0 aliphatic heterocycles. The molecule has 1 rings (SSSR count). The monoisotopic (exact) mass is 297 g/mol. The number of nitrogens with zero attached hydrogens (tertiary/aromatic N) is 1. The van der Waals surface area contributed by atoms with Gasteiger partial charge in [-0.15, -0.1) is 0 Å². The molecule has 1 amide bonds. The maximum Gasteiger partial charge on any atom is 0.259 e. The fraction of sp³-hybridized carbons (Fsp3) is 0.333. The molecule has 0 radical (unpaired) electrons. The maximum absolute atomic E-state index is 11.4. The van der Waals surface area contributed by atoms with E-state index >= 15 is 0 Å². The van der Waals surface area contributed by atoms with Gasteiger partial charge in [0.05, 0.1) is 6.54 Å². The van der Waals surface area contributed by atoms with Crippen LogP contribution in [-0.2, 0) is 4.79 Å². The molecule has 5 heteroatoms. The molecule has 0 aromatic heterocycles. The van der Waals surface area contributed by atoms with Crippen molar-refractivity contribution in [3.05, 3.63) is 28.7 Å². The number of carbonyl (C=O) groups is 1. The summed E-state index contributed by atoms with van der Waals surface area (Å²) in [4.78, 5) is 11.4. The van der Waals surface area contributed by atoms with Crippen molar-refractivity contribution in [1.29, 1.82) is 0 Å². The highest BCUT2D eigenvalue weighted by molar-refractivity contribution is 9.10. The van der Waals surface area contributed by atoms with Gasteiger partial charge in [-0.25, -0.2) is 5.43 Å². The van der Waals surface area contributed by atoms with Crippen LogP contribution in [0.4, 0.5) is 5.69 Å². The molecule has 0 atom stereocenters. The summed E-state index contributed by atoms with van der Waals surface area (Å²) in [6.45, 7) is 4.07. The van der Waals surface area contributed by atoms with Gasteiger partial charge in [0.15, 0.2) is 0 Å². The molecule has 2 N–H and O–H groups in total. The number of anilines is 1. The highest BCUT2D eigenvalue weighted by Crippen LogP contribution is 2.14. The van der Waals surface area contributed by atoms with Gasteiger partial charge < -0.3 is 5.32 Å². The van der Waals surface area contributed by atoms with Crippen LogP contribution in [0.1, 0.15) is 20.3 Å². The lowest BCUT2D eigenvalue weighted by Crippen LogP contribution is -2.26. The van der Waals surface area contributed by atoms with Crippen LogP contribution in [-0.4, -0.2) is 18.2 Å². The van der Waals surface area contributed by atoms with E-state index in [4.69, 9.17) is 0 Å². The molecule has 1 aromatic rings. The Labute approximate surface area is 110 Å².